The molecular weight excluding hydrogens is 264 g/mol. The minimum atomic E-state index is -0.958. The molecule has 1 aliphatic rings. The topological polar surface area (TPSA) is 75.4 Å². The number of aromatic carboxylic acids is 1. The molecule has 1 aliphatic carbocycles. The zero-order valence-electron chi connectivity index (χ0n) is 11.7. The fourth-order valence-electron chi connectivity index (χ4n) is 2.87. The van der Waals surface area contributed by atoms with Crippen LogP contribution in [0.3, 0.4) is 0 Å². The summed E-state index contributed by atoms with van der Waals surface area (Å²) in [5.74, 6) is -0.958. The molecule has 0 heterocycles. The number of carboxylic acid groups (broad SMARTS) is 1. The van der Waals surface area contributed by atoms with E-state index in [1.54, 1.807) is 12.1 Å². The summed E-state index contributed by atoms with van der Waals surface area (Å²) in [7, 11) is 0. The van der Waals surface area contributed by atoms with Crippen molar-refractivity contribution in [3.63, 3.8) is 0 Å². The average molecular weight is 282 g/mol. The molecular formula is C17H18N2O2. The normalized spacial score (nSPS) is 17.0. The monoisotopic (exact) mass is 282 g/mol. The Bertz CT molecular complexity index is 682. The molecule has 4 heteroatoms. The molecule has 0 saturated carbocycles. The summed E-state index contributed by atoms with van der Waals surface area (Å²) >= 11 is 0. The minimum Gasteiger partial charge on any atom is -0.478 e. The molecule has 21 heavy (non-hydrogen) atoms. The maximum Gasteiger partial charge on any atom is 0.335 e. The van der Waals surface area contributed by atoms with Crippen molar-refractivity contribution in [3.05, 3.63) is 59.2 Å². The Morgan fingerprint density at radius 2 is 1.95 bits per heavy atom. The maximum absolute atomic E-state index is 10.9. The zero-order chi connectivity index (χ0) is 14.8. The van der Waals surface area contributed by atoms with Crippen LogP contribution in [0.25, 0.3) is 0 Å². The van der Waals surface area contributed by atoms with Gasteiger partial charge in [-0.05, 0) is 48.6 Å². The fourth-order valence-corrected chi connectivity index (χ4v) is 2.87. The van der Waals surface area contributed by atoms with Crippen LogP contribution in [0.5, 0.6) is 0 Å². The molecule has 1 atom stereocenters. The smallest absolute Gasteiger partial charge is 0.335 e. The summed E-state index contributed by atoms with van der Waals surface area (Å²) in [5.41, 5.74) is 10.2. The largest absolute Gasteiger partial charge is 0.478 e. The second-order valence-electron chi connectivity index (χ2n) is 5.46. The molecule has 0 aromatic heterocycles. The number of anilines is 2. The highest BCUT2D eigenvalue weighted by Crippen LogP contribution is 2.26. The molecule has 0 saturated heterocycles. The summed E-state index contributed by atoms with van der Waals surface area (Å²) in [6, 6.07) is 13.7. The van der Waals surface area contributed by atoms with Crippen LogP contribution in [0.1, 0.15) is 27.9 Å². The number of fused-ring (bicyclic) bond motifs is 1. The van der Waals surface area contributed by atoms with Crippen LogP contribution in [0.2, 0.25) is 0 Å². The predicted octanol–water partition coefficient (Wildman–Crippen LogP) is 2.94. The lowest BCUT2D eigenvalue weighted by molar-refractivity contribution is 0.0697. The lowest BCUT2D eigenvalue weighted by Crippen LogP contribution is -2.27. The third kappa shape index (κ3) is 2.84. The number of nitrogen functional groups attached to an aromatic ring is 1. The number of aryl methyl sites for hydroxylation is 1. The fraction of sp³-hybridized carbons (Fsp3) is 0.235. The summed E-state index contributed by atoms with van der Waals surface area (Å²) < 4.78 is 0. The highest BCUT2D eigenvalue weighted by molar-refractivity contribution is 5.90. The van der Waals surface area contributed by atoms with Crippen LogP contribution < -0.4 is 11.1 Å². The van der Waals surface area contributed by atoms with Crippen molar-refractivity contribution in [1.29, 1.82) is 0 Å². The van der Waals surface area contributed by atoms with Gasteiger partial charge in [0.25, 0.3) is 0 Å². The van der Waals surface area contributed by atoms with E-state index in [4.69, 9.17) is 10.8 Å². The van der Waals surface area contributed by atoms with Crippen molar-refractivity contribution in [1.82, 2.24) is 0 Å². The lowest BCUT2D eigenvalue weighted by atomic mass is 9.88. The van der Waals surface area contributed by atoms with E-state index >= 15 is 0 Å². The quantitative estimate of drug-likeness (QED) is 0.757. The number of nitrogens with two attached hydrogens (primary N) is 1. The molecule has 1 unspecified atom stereocenters. The van der Waals surface area contributed by atoms with E-state index in [1.165, 1.54) is 17.2 Å². The van der Waals surface area contributed by atoms with Crippen LogP contribution in [0, 0.1) is 0 Å². The van der Waals surface area contributed by atoms with E-state index in [0.717, 1.165) is 24.9 Å². The Kier molecular flexibility index (Phi) is 3.52. The number of hydrogen-bond donors (Lipinski definition) is 3. The van der Waals surface area contributed by atoms with Gasteiger partial charge in [-0.1, -0.05) is 24.3 Å². The van der Waals surface area contributed by atoms with Crippen LogP contribution in [0.15, 0.2) is 42.5 Å². The molecule has 0 spiro atoms. The first-order valence-corrected chi connectivity index (χ1v) is 7.09. The summed E-state index contributed by atoms with van der Waals surface area (Å²) in [6.45, 7) is 0. The number of hydrogen-bond acceptors (Lipinski definition) is 3. The van der Waals surface area contributed by atoms with Gasteiger partial charge in [0, 0.05) is 6.04 Å². The summed E-state index contributed by atoms with van der Waals surface area (Å²) in [5, 5.41) is 12.4. The van der Waals surface area contributed by atoms with Gasteiger partial charge in [0.15, 0.2) is 0 Å². The SMILES string of the molecule is Nc1cc(C(=O)O)ccc1NC1CCc2ccccc2C1. The van der Waals surface area contributed by atoms with Gasteiger partial charge in [0.1, 0.15) is 0 Å². The summed E-state index contributed by atoms with van der Waals surface area (Å²) in [6.07, 6.45) is 3.08. The van der Waals surface area contributed by atoms with Crippen LogP contribution in [0.4, 0.5) is 11.4 Å². The molecule has 2 aromatic rings. The molecule has 4 N–H and O–H groups in total. The molecule has 108 valence electrons. The number of nitrogens with one attached hydrogen (secondary N) is 1. The average Bonchev–Trinajstić information content (AvgIpc) is 2.49. The Labute approximate surface area is 123 Å². The Hall–Kier alpha value is -2.49. The lowest BCUT2D eigenvalue weighted by Gasteiger charge is -2.27. The van der Waals surface area contributed by atoms with E-state index in [-0.39, 0.29) is 5.56 Å². The van der Waals surface area contributed by atoms with Crippen molar-refractivity contribution < 1.29 is 9.90 Å². The van der Waals surface area contributed by atoms with Gasteiger partial charge in [0.05, 0.1) is 16.9 Å². The van der Waals surface area contributed by atoms with Crippen molar-refractivity contribution in [3.8, 4) is 0 Å². The predicted molar refractivity (Wildman–Crippen MR) is 83.7 cm³/mol. The molecule has 0 bridgehead atoms. The number of carboxylic acids is 1. The van der Waals surface area contributed by atoms with Gasteiger partial charge in [-0.15, -0.1) is 0 Å². The van der Waals surface area contributed by atoms with Gasteiger partial charge in [-0.25, -0.2) is 4.79 Å². The van der Waals surface area contributed by atoms with Gasteiger partial charge < -0.3 is 16.2 Å². The van der Waals surface area contributed by atoms with Gasteiger partial charge in [-0.3, -0.25) is 0 Å². The molecule has 0 amide bonds. The van der Waals surface area contributed by atoms with E-state index in [0.29, 0.717) is 11.7 Å². The van der Waals surface area contributed by atoms with Crippen LogP contribution >= 0.6 is 0 Å². The van der Waals surface area contributed by atoms with Crippen molar-refractivity contribution in [2.75, 3.05) is 11.1 Å². The van der Waals surface area contributed by atoms with E-state index < -0.39 is 5.97 Å². The van der Waals surface area contributed by atoms with E-state index in [2.05, 4.69) is 29.6 Å². The Morgan fingerprint density at radius 3 is 2.67 bits per heavy atom. The first kappa shape index (κ1) is 13.5. The standard InChI is InChI=1S/C17H18N2O2/c18-15-10-13(17(20)21)6-8-16(15)19-14-7-5-11-3-1-2-4-12(11)9-14/h1-4,6,8,10,14,19H,5,7,9,18H2,(H,20,21). The third-order valence-electron chi connectivity index (χ3n) is 4.00. The molecule has 0 aliphatic heterocycles. The highest BCUT2D eigenvalue weighted by atomic mass is 16.4. The molecule has 2 aromatic carbocycles. The third-order valence-corrected chi connectivity index (χ3v) is 4.00. The Morgan fingerprint density at radius 1 is 1.19 bits per heavy atom. The van der Waals surface area contributed by atoms with Gasteiger partial charge >= 0.3 is 5.97 Å². The van der Waals surface area contributed by atoms with Crippen molar-refractivity contribution in [2.45, 2.75) is 25.3 Å². The second-order valence-corrected chi connectivity index (χ2v) is 5.46. The molecule has 0 fully saturated rings. The van der Waals surface area contributed by atoms with E-state index in [9.17, 15) is 4.79 Å². The first-order valence-electron chi connectivity index (χ1n) is 7.09. The van der Waals surface area contributed by atoms with Crippen molar-refractivity contribution in [2.24, 2.45) is 0 Å². The minimum absolute atomic E-state index is 0.215. The maximum atomic E-state index is 10.9. The Balaban J connectivity index is 1.75. The zero-order valence-corrected chi connectivity index (χ0v) is 11.7. The van der Waals surface area contributed by atoms with Gasteiger partial charge in [-0.2, -0.15) is 0 Å². The van der Waals surface area contributed by atoms with Crippen molar-refractivity contribution >= 4 is 17.3 Å². The molecule has 0 radical (unpaired) electrons. The number of rotatable bonds is 3. The van der Waals surface area contributed by atoms with Crippen LogP contribution in [-0.2, 0) is 12.8 Å². The molecule has 4 nitrogen and oxygen atoms in total. The number of benzene rings is 2. The highest BCUT2D eigenvalue weighted by Gasteiger charge is 2.18. The second kappa shape index (κ2) is 5.48. The van der Waals surface area contributed by atoms with Gasteiger partial charge in [0.2, 0.25) is 0 Å². The molecule has 3 rings (SSSR count). The van der Waals surface area contributed by atoms with E-state index in [1.807, 2.05) is 0 Å². The van der Waals surface area contributed by atoms with Crippen LogP contribution in [-0.4, -0.2) is 17.1 Å². The first-order chi connectivity index (χ1) is 10.1. The number of carbonyl (C=O) groups is 1. The summed E-state index contributed by atoms with van der Waals surface area (Å²) in [4.78, 5) is 10.9.